The van der Waals surface area contributed by atoms with Crippen molar-refractivity contribution in [1.29, 1.82) is 0 Å². The Bertz CT molecular complexity index is 670. The molecular weight excluding hydrogens is 292 g/mol. The third kappa shape index (κ3) is 2.70. The topological polar surface area (TPSA) is 92.6 Å². The van der Waals surface area contributed by atoms with Gasteiger partial charge in [-0.25, -0.2) is 4.68 Å². The lowest BCUT2D eigenvalue weighted by Crippen LogP contribution is -2.36. The van der Waals surface area contributed by atoms with Crippen LogP contribution in [0.1, 0.15) is 11.7 Å². The van der Waals surface area contributed by atoms with Gasteiger partial charge in [-0.15, -0.1) is 5.10 Å². The Labute approximate surface area is 126 Å². The number of aliphatic hydroxyl groups excluding tert-OH is 1. The molecular formula is C13H15ClN6O. The molecule has 21 heavy (non-hydrogen) atoms. The quantitative estimate of drug-likeness (QED) is 0.871. The van der Waals surface area contributed by atoms with E-state index in [4.69, 9.17) is 22.4 Å². The molecule has 0 fully saturated rings. The minimum atomic E-state index is -0.115. The van der Waals surface area contributed by atoms with Crippen molar-refractivity contribution >= 4 is 23.2 Å². The van der Waals surface area contributed by atoms with Gasteiger partial charge in [0, 0.05) is 10.7 Å². The third-order valence-corrected chi connectivity index (χ3v) is 3.53. The zero-order chi connectivity index (χ0) is 14.8. The number of aromatic nitrogens is 3. The Balaban J connectivity index is 1.91. The van der Waals surface area contributed by atoms with E-state index < -0.39 is 0 Å². The number of rotatable bonds is 4. The normalized spacial score (nSPS) is 18.1. The van der Waals surface area contributed by atoms with Crippen molar-refractivity contribution in [2.45, 2.75) is 12.6 Å². The fourth-order valence-corrected chi connectivity index (χ4v) is 2.52. The highest BCUT2D eigenvalue weighted by Crippen LogP contribution is 2.31. The molecule has 0 radical (unpaired) electrons. The molecule has 0 aliphatic carbocycles. The molecule has 1 aliphatic rings. The highest BCUT2D eigenvalue weighted by atomic mass is 35.5. The monoisotopic (exact) mass is 306 g/mol. The summed E-state index contributed by atoms with van der Waals surface area (Å²) in [5.74, 6) is 0.430. The van der Waals surface area contributed by atoms with Crippen molar-refractivity contribution in [3.8, 4) is 0 Å². The summed E-state index contributed by atoms with van der Waals surface area (Å²) < 4.78 is 1.60. The first-order valence-corrected chi connectivity index (χ1v) is 6.92. The van der Waals surface area contributed by atoms with Crippen molar-refractivity contribution in [3.63, 3.8) is 0 Å². The van der Waals surface area contributed by atoms with E-state index in [2.05, 4.69) is 15.3 Å². The summed E-state index contributed by atoms with van der Waals surface area (Å²) in [5, 5.41) is 17.7. The SMILES string of the molecule is NC1=NCC(c2cn(CCO)nn2)N1c1cccc(Cl)c1. The largest absolute Gasteiger partial charge is 0.394 e. The molecule has 2 aromatic rings. The van der Waals surface area contributed by atoms with Gasteiger partial charge in [0.2, 0.25) is 0 Å². The number of hydrogen-bond acceptors (Lipinski definition) is 6. The zero-order valence-electron chi connectivity index (χ0n) is 11.2. The summed E-state index contributed by atoms with van der Waals surface area (Å²) in [4.78, 5) is 6.18. The smallest absolute Gasteiger partial charge is 0.196 e. The molecule has 1 aliphatic heterocycles. The van der Waals surface area contributed by atoms with Gasteiger partial charge in [-0.3, -0.25) is 4.99 Å². The molecule has 1 aromatic heterocycles. The van der Waals surface area contributed by atoms with Crippen LogP contribution in [-0.2, 0) is 6.54 Å². The maximum atomic E-state index is 8.94. The molecule has 1 aromatic carbocycles. The second-order valence-electron chi connectivity index (χ2n) is 4.69. The summed E-state index contributed by atoms with van der Waals surface area (Å²) in [6.07, 6.45) is 1.80. The summed E-state index contributed by atoms with van der Waals surface area (Å²) in [5.41, 5.74) is 7.61. The van der Waals surface area contributed by atoms with E-state index in [1.807, 2.05) is 23.1 Å². The molecule has 110 valence electrons. The molecule has 3 N–H and O–H groups in total. The van der Waals surface area contributed by atoms with Gasteiger partial charge in [0.15, 0.2) is 5.96 Å². The summed E-state index contributed by atoms with van der Waals surface area (Å²) in [6.45, 7) is 0.938. The van der Waals surface area contributed by atoms with E-state index in [0.717, 1.165) is 11.4 Å². The van der Waals surface area contributed by atoms with E-state index in [1.165, 1.54) is 0 Å². The molecule has 2 heterocycles. The number of hydrogen-bond donors (Lipinski definition) is 2. The van der Waals surface area contributed by atoms with Crippen LogP contribution in [-0.4, -0.2) is 39.2 Å². The molecule has 7 nitrogen and oxygen atoms in total. The number of halogens is 1. The number of guanidine groups is 1. The number of nitrogens with two attached hydrogens (primary N) is 1. The summed E-state index contributed by atoms with van der Waals surface area (Å²) in [6, 6.07) is 7.31. The second kappa shape index (κ2) is 5.71. The van der Waals surface area contributed by atoms with Crippen LogP contribution in [0.25, 0.3) is 0 Å². The van der Waals surface area contributed by atoms with Crippen LogP contribution in [0, 0.1) is 0 Å². The second-order valence-corrected chi connectivity index (χ2v) is 5.13. The average Bonchev–Trinajstić information content (AvgIpc) is 3.06. The molecule has 3 rings (SSSR count). The van der Waals surface area contributed by atoms with Gasteiger partial charge < -0.3 is 15.7 Å². The molecule has 1 atom stereocenters. The number of aliphatic imine (C=N–C) groups is 1. The zero-order valence-corrected chi connectivity index (χ0v) is 12.0. The van der Waals surface area contributed by atoms with Gasteiger partial charge in [0.1, 0.15) is 11.7 Å². The molecule has 0 bridgehead atoms. The van der Waals surface area contributed by atoms with Gasteiger partial charge in [-0.2, -0.15) is 0 Å². The molecule has 0 saturated heterocycles. The lowest BCUT2D eigenvalue weighted by molar-refractivity contribution is 0.268. The Kier molecular flexibility index (Phi) is 3.76. The standard InChI is InChI=1S/C13H15ClN6O/c14-9-2-1-3-10(6-9)20-12(7-16-13(20)15)11-8-19(4-5-21)18-17-11/h1-3,6,8,12,21H,4-5,7H2,(H2,15,16). The molecule has 0 saturated carbocycles. The summed E-state index contributed by atoms with van der Waals surface area (Å²) >= 11 is 6.04. The third-order valence-electron chi connectivity index (χ3n) is 3.30. The van der Waals surface area contributed by atoms with Crippen LogP contribution in [0.2, 0.25) is 5.02 Å². The van der Waals surface area contributed by atoms with Crippen molar-refractivity contribution in [1.82, 2.24) is 15.0 Å². The maximum Gasteiger partial charge on any atom is 0.196 e. The van der Waals surface area contributed by atoms with Crippen LogP contribution in [0.15, 0.2) is 35.5 Å². The highest BCUT2D eigenvalue weighted by molar-refractivity contribution is 6.30. The lowest BCUT2D eigenvalue weighted by Gasteiger charge is -2.24. The Morgan fingerprint density at radius 1 is 1.43 bits per heavy atom. The van der Waals surface area contributed by atoms with Crippen LogP contribution in [0.4, 0.5) is 5.69 Å². The van der Waals surface area contributed by atoms with Gasteiger partial charge in [0.05, 0.1) is 25.9 Å². The Morgan fingerprint density at radius 2 is 2.29 bits per heavy atom. The molecule has 0 spiro atoms. The fraction of sp³-hybridized carbons (Fsp3) is 0.308. The minimum Gasteiger partial charge on any atom is -0.394 e. The minimum absolute atomic E-state index is 0.0180. The first-order chi connectivity index (χ1) is 10.2. The number of aliphatic hydroxyl groups is 1. The summed E-state index contributed by atoms with van der Waals surface area (Å²) in [7, 11) is 0. The number of anilines is 1. The molecule has 1 unspecified atom stereocenters. The van der Waals surface area contributed by atoms with E-state index in [-0.39, 0.29) is 12.6 Å². The van der Waals surface area contributed by atoms with E-state index in [9.17, 15) is 0 Å². The van der Waals surface area contributed by atoms with Gasteiger partial charge in [0.25, 0.3) is 0 Å². The van der Waals surface area contributed by atoms with Gasteiger partial charge in [-0.05, 0) is 18.2 Å². The van der Waals surface area contributed by atoms with Gasteiger partial charge >= 0.3 is 0 Å². The molecule has 8 heteroatoms. The van der Waals surface area contributed by atoms with Crippen molar-refractivity contribution in [2.24, 2.45) is 10.7 Å². The van der Waals surface area contributed by atoms with Crippen LogP contribution >= 0.6 is 11.6 Å². The number of benzene rings is 1. The van der Waals surface area contributed by atoms with E-state index in [1.54, 1.807) is 16.9 Å². The Morgan fingerprint density at radius 3 is 3.05 bits per heavy atom. The Hall–Kier alpha value is -2.12. The predicted octanol–water partition coefficient (Wildman–Crippen LogP) is 0.800. The van der Waals surface area contributed by atoms with Crippen molar-refractivity contribution in [2.75, 3.05) is 18.1 Å². The highest BCUT2D eigenvalue weighted by Gasteiger charge is 2.31. The van der Waals surface area contributed by atoms with E-state index in [0.29, 0.717) is 24.1 Å². The molecule has 0 amide bonds. The lowest BCUT2D eigenvalue weighted by atomic mass is 10.2. The van der Waals surface area contributed by atoms with Gasteiger partial charge in [-0.1, -0.05) is 22.9 Å². The van der Waals surface area contributed by atoms with Crippen molar-refractivity contribution < 1.29 is 5.11 Å². The average molecular weight is 307 g/mol. The maximum absolute atomic E-state index is 8.94. The first-order valence-electron chi connectivity index (χ1n) is 6.54. The van der Waals surface area contributed by atoms with Crippen molar-refractivity contribution in [3.05, 3.63) is 41.2 Å². The predicted molar refractivity (Wildman–Crippen MR) is 80.3 cm³/mol. The van der Waals surface area contributed by atoms with E-state index >= 15 is 0 Å². The first kappa shape index (κ1) is 13.8. The fourth-order valence-electron chi connectivity index (χ4n) is 2.34. The van der Waals surface area contributed by atoms with Crippen LogP contribution in [0.3, 0.4) is 0 Å². The van der Waals surface area contributed by atoms with Crippen LogP contribution < -0.4 is 10.6 Å². The number of nitrogens with zero attached hydrogens (tertiary/aromatic N) is 5. The van der Waals surface area contributed by atoms with Crippen LogP contribution in [0.5, 0.6) is 0 Å².